The van der Waals surface area contributed by atoms with E-state index in [1.54, 1.807) is 12.1 Å². The van der Waals surface area contributed by atoms with Gasteiger partial charge >= 0.3 is 16.8 Å². The van der Waals surface area contributed by atoms with E-state index in [-0.39, 0.29) is 49.9 Å². The van der Waals surface area contributed by atoms with Crippen molar-refractivity contribution < 1.29 is 27.0 Å². The van der Waals surface area contributed by atoms with Crippen molar-refractivity contribution in [3.05, 3.63) is 47.5 Å². The van der Waals surface area contributed by atoms with Crippen LogP contribution in [-0.4, -0.2) is 0 Å². The minimum atomic E-state index is -0.0574. The second-order valence-corrected chi connectivity index (χ2v) is 13.8. The molecule has 0 N–H and O–H groups in total. The van der Waals surface area contributed by atoms with E-state index in [4.69, 9.17) is 0 Å². The Labute approximate surface area is 210 Å². The van der Waals surface area contributed by atoms with Crippen LogP contribution in [0.4, 0.5) is 0 Å². The maximum atomic E-state index is 12.6. The summed E-state index contributed by atoms with van der Waals surface area (Å²) in [7, 11) is 0. The van der Waals surface area contributed by atoms with Crippen LogP contribution >= 0.6 is 11.8 Å². The number of benzene rings is 2. The normalized spacial score (nSPS) is 13.1. The topological polar surface area (TPSA) is 46.1 Å². The SMILES string of the molecule is CC(C)(C)CC(C)(C)c1ccc([O-])c(Sc2cc(C(C)(C)CC(C)(C)C)ccc2[O-])c1.[Co+2]. The summed E-state index contributed by atoms with van der Waals surface area (Å²) in [4.78, 5) is 1.25. The van der Waals surface area contributed by atoms with Gasteiger partial charge in [-0.05, 0) is 57.8 Å². The van der Waals surface area contributed by atoms with Crippen molar-refractivity contribution in [3.8, 4) is 11.5 Å². The van der Waals surface area contributed by atoms with E-state index >= 15 is 0 Å². The van der Waals surface area contributed by atoms with Crippen molar-refractivity contribution >= 4 is 11.8 Å². The largest absolute Gasteiger partial charge is 2.00 e. The van der Waals surface area contributed by atoms with Gasteiger partial charge in [-0.2, -0.15) is 0 Å². The first-order valence-corrected chi connectivity index (χ1v) is 12.0. The Morgan fingerprint density at radius 1 is 0.594 bits per heavy atom. The van der Waals surface area contributed by atoms with Crippen molar-refractivity contribution in [1.29, 1.82) is 0 Å². The third kappa shape index (κ3) is 8.04. The van der Waals surface area contributed by atoms with E-state index in [1.165, 1.54) is 11.8 Å². The zero-order valence-corrected chi connectivity index (χ0v) is 23.3. The van der Waals surface area contributed by atoms with Crippen LogP contribution in [0.15, 0.2) is 46.2 Å². The molecule has 0 unspecified atom stereocenters. The second-order valence-electron chi connectivity index (χ2n) is 12.7. The Morgan fingerprint density at radius 2 is 0.906 bits per heavy atom. The molecule has 0 amide bonds. The average molecular weight is 500 g/mol. The molecule has 179 valence electrons. The van der Waals surface area contributed by atoms with Crippen molar-refractivity contribution in [2.45, 2.75) is 103 Å². The van der Waals surface area contributed by atoms with Crippen LogP contribution in [0, 0.1) is 10.8 Å². The fourth-order valence-electron chi connectivity index (χ4n) is 4.99. The first-order chi connectivity index (χ1) is 13.9. The van der Waals surface area contributed by atoms with Crippen LogP contribution in [-0.2, 0) is 27.6 Å². The summed E-state index contributed by atoms with van der Waals surface area (Å²) >= 11 is 1.31. The summed E-state index contributed by atoms with van der Waals surface area (Å²) in [5, 5.41) is 25.3. The molecule has 0 atom stereocenters. The molecule has 2 rings (SSSR count). The van der Waals surface area contributed by atoms with Gasteiger partial charge in [-0.1, -0.05) is 117 Å². The molecule has 0 saturated carbocycles. The first-order valence-electron chi connectivity index (χ1n) is 11.2. The van der Waals surface area contributed by atoms with Gasteiger partial charge in [-0.3, -0.25) is 0 Å². The zero-order valence-electron chi connectivity index (χ0n) is 21.4. The maximum Gasteiger partial charge on any atom is 2.00 e. The Morgan fingerprint density at radius 3 is 1.19 bits per heavy atom. The molecule has 0 heterocycles. The molecule has 2 nitrogen and oxygen atoms in total. The molecule has 0 aliphatic heterocycles. The van der Waals surface area contributed by atoms with Crippen LogP contribution in [0.1, 0.15) is 93.2 Å². The van der Waals surface area contributed by atoms with Crippen LogP contribution in [0.3, 0.4) is 0 Å². The van der Waals surface area contributed by atoms with Crippen LogP contribution < -0.4 is 10.2 Å². The summed E-state index contributed by atoms with van der Waals surface area (Å²) in [5.74, 6) is -0.0573. The molecule has 32 heavy (non-hydrogen) atoms. The fraction of sp³-hybridized carbons (Fsp3) is 0.571. The molecule has 2 aromatic rings. The molecule has 4 heteroatoms. The predicted molar refractivity (Wildman–Crippen MR) is 130 cm³/mol. The molecular weight excluding hydrogens is 459 g/mol. The van der Waals surface area contributed by atoms with Crippen molar-refractivity contribution in [1.82, 2.24) is 0 Å². The van der Waals surface area contributed by atoms with Gasteiger partial charge in [0.1, 0.15) is 0 Å². The molecule has 0 saturated heterocycles. The van der Waals surface area contributed by atoms with Crippen LogP contribution in [0.2, 0.25) is 0 Å². The average Bonchev–Trinajstić information content (AvgIpc) is 2.54. The molecule has 2 aromatic carbocycles. The molecule has 0 fully saturated rings. The Balaban J connectivity index is 0.00000512. The van der Waals surface area contributed by atoms with Gasteiger partial charge in [0.25, 0.3) is 0 Å². The summed E-state index contributed by atoms with van der Waals surface area (Å²) in [6.45, 7) is 22.3. The Kier molecular flexibility index (Phi) is 9.06. The molecule has 0 aromatic heterocycles. The fourth-order valence-corrected chi connectivity index (χ4v) is 5.94. The van der Waals surface area contributed by atoms with Gasteiger partial charge in [-0.25, -0.2) is 0 Å². The van der Waals surface area contributed by atoms with Gasteiger partial charge in [-0.15, -0.1) is 0 Å². The molecule has 0 bridgehead atoms. The van der Waals surface area contributed by atoms with Gasteiger partial charge < -0.3 is 10.2 Å². The standard InChI is InChI=1S/C28H42O2S.Co/c1-25(2,3)17-27(7,8)19-11-13-21(29)23(15-19)31-24-16-20(12-14-22(24)30)28(9,10)18-26(4,5)6;/h11-16,29-30H,17-18H2,1-10H3;/q;+2/p-2. The Bertz CT molecular complexity index is 843. The number of hydrogen-bond acceptors (Lipinski definition) is 3. The van der Waals surface area contributed by atoms with Crippen molar-refractivity contribution in [3.63, 3.8) is 0 Å². The van der Waals surface area contributed by atoms with Gasteiger partial charge in [0.2, 0.25) is 0 Å². The smallest absolute Gasteiger partial charge is 0.872 e. The summed E-state index contributed by atoms with van der Waals surface area (Å²) in [6, 6.07) is 11.2. The summed E-state index contributed by atoms with van der Waals surface area (Å²) < 4.78 is 0. The molecule has 0 aliphatic rings. The summed E-state index contributed by atoms with van der Waals surface area (Å²) in [5.41, 5.74) is 2.53. The van der Waals surface area contributed by atoms with E-state index in [0.717, 1.165) is 24.0 Å². The van der Waals surface area contributed by atoms with E-state index in [9.17, 15) is 10.2 Å². The van der Waals surface area contributed by atoms with E-state index in [1.807, 2.05) is 24.3 Å². The quantitative estimate of drug-likeness (QED) is 0.416. The van der Waals surface area contributed by atoms with Crippen molar-refractivity contribution in [2.24, 2.45) is 10.8 Å². The molecule has 0 spiro atoms. The Hall–Kier alpha value is -1.10. The van der Waals surface area contributed by atoms with Crippen LogP contribution in [0.25, 0.3) is 0 Å². The van der Waals surface area contributed by atoms with Crippen LogP contribution in [0.5, 0.6) is 11.5 Å². The van der Waals surface area contributed by atoms with Crippen molar-refractivity contribution in [2.75, 3.05) is 0 Å². The predicted octanol–water partition coefficient (Wildman–Crippen LogP) is 7.41. The van der Waals surface area contributed by atoms with Gasteiger partial charge in [0.15, 0.2) is 0 Å². The molecule has 1 radical (unpaired) electrons. The number of rotatable bonds is 6. The first kappa shape index (κ1) is 28.9. The third-order valence-electron chi connectivity index (χ3n) is 5.61. The minimum Gasteiger partial charge on any atom is -0.872 e. The second kappa shape index (κ2) is 10.0. The minimum absolute atomic E-state index is 0. The van der Waals surface area contributed by atoms with Gasteiger partial charge in [0, 0.05) is 9.79 Å². The molecular formula is C28H40CoO2S. The van der Waals surface area contributed by atoms with E-state index in [2.05, 4.69) is 69.2 Å². The van der Waals surface area contributed by atoms with E-state index in [0.29, 0.717) is 9.79 Å². The molecule has 0 aliphatic carbocycles. The summed E-state index contributed by atoms with van der Waals surface area (Å²) in [6.07, 6.45) is 2.01. The maximum absolute atomic E-state index is 12.6. The van der Waals surface area contributed by atoms with Gasteiger partial charge in [0.05, 0.1) is 0 Å². The zero-order chi connectivity index (χ0) is 23.8. The monoisotopic (exact) mass is 499 g/mol. The number of hydrogen-bond donors (Lipinski definition) is 0. The third-order valence-corrected chi connectivity index (χ3v) is 6.69. The van der Waals surface area contributed by atoms with E-state index < -0.39 is 0 Å².